The van der Waals surface area contributed by atoms with Crippen LogP contribution >= 0.6 is 0 Å². The average Bonchev–Trinajstić information content (AvgIpc) is 2.77. The maximum atomic E-state index is 12.7. The summed E-state index contributed by atoms with van der Waals surface area (Å²) >= 11 is 0. The third-order valence-corrected chi connectivity index (χ3v) is 5.12. The summed E-state index contributed by atoms with van der Waals surface area (Å²) in [6.07, 6.45) is -0.708. The Morgan fingerprint density at radius 2 is 1.45 bits per heavy atom. The number of likely N-dealkylation sites (N-methyl/N-ethyl adjacent to an activating group) is 1. The molecule has 3 rings (SSSR count). The van der Waals surface area contributed by atoms with Gasteiger partial charge in [0.1, 0.15) is 5.75 Å². The molecule has 3 aromatic rings. The molecule has 3 aromatic carbocycles. The van der Waals surface area contributed by atoms with Crippen molar-refractivity contribution >= 4 is 17.5 Å². The van der Waals surface area contributed by atoms with E-state index in [-0.39, 0.29) is 18.4 Å². The minimum Gasteiger partial charge on any atom is -0.481 e. The van der Waals surface area contributed by atoms with Crippen LogP contribution in [0, 0.1) is 13.8 Å². The molecular formula is C26H28N2O3. The molecule has 0 aliphatic heterocycles. The molecule has 5 heteroatoms. The number of rotatable bonds is 7. The Labute approximate surface area is 183 Å². The second kappa shape index (κ2) is 9.94. The molecule has 160 valence electrons. The Morgan fingerprint density at radius 3 is 2.06 bits per heavy atom. The molecule has 0 spiro atoms. The van der Waals surface area contributed by atoms with Gasteiger partial charge in [-0.05, 0) is 55.2 Å². The van der Waals surface area contributed by atoms with E-state index >= 15 is 0 Å². The summed E-state index contributed by atoms with van der Waals surface area (Å²) in [5.74, 6) is 0.102. The van der Waals surface area contributed by atoms with E-state index in [0.29, 0.717) is 5.75 Å². The molecule has 0 saturated carbocycles. The Hall–Kier alpha value is -3.60. The van der Waals surface area contributed by atoms with E-state index < -0.39 is 6.10 Å². The molecule has 2 amide bonds. The van der Waals surface area contributed by atoms with Crippen LogP contribution in [0.4, 0.5) is 5.69 Å². The lowest BCUT2D eigenvalue weighted by Crippen LogP contribution is -2.42. The first-order valence-electron chi connectivity index (χ1n) is 10.3. The minimum absolute atomic E-state index is 0.0484. The number of benzene rings is 3. The molecule has 0 bridgehead atoms. The number of hydrogen-bond acceptors (Lipinski definition) is 3. The highest BCUT2D eigenvalue weighted by Gasteiger charge is 2.21. The van der Waals surface area contributed by atoms with Crippen LogP contribution in [0.15, 0.2) is 72.8 Å². The lowest BCUT2D eigenvalue weighted by molar-refractivity contribution is -0.139. The largest absolute Gasteiger partial charge is 0.481 e. The highest BCUT2D eigenvalue weighted by Crippen LogP contribution is 2.23. The fourth-order valence-corrected chi connectivity index (χ4v) is 3.41. The first kappa shape index (κ1) is 22.1. The summed E-state index contributed by atoms with van der Waals surface area (Å²) in [5.41, 5.74) is 4.95. The smallest absolute Gasteiger partial charge is 0.263 e. The van der Waals surface area contributed by atoms with E-state index in [4.69, 9.17) is 4.74 Å². The SMILES string of the molecule is Cc1cccc(C)c1NC(=O)CN(C)C(=O)C(C)Oc1ccc(-c2ccccc2)cc1. The molecule has 5 nitrogen and oxygen atoms in total. The number of hydrogen-bond donors (Lipinski definition) is 1. The van der Waals surface area contributed by atoms with Gasteiger partial charge in [0.2, 0.25) is 5.91 Å². The van der Waals surface area contributed by atoms with Gasteiger partial charge in [-0.3, -0.25) is 9.59 Å². The Balaban J connectivity index is 1.56. The van der Waals surface area contributed by atoms with Crippen molar-refractivity contribution in [2.24, 2.45) is 0 Å². The van der Waals surface area contributed by atoms with Crippen molar-refractivity contribution < 1.29 is 14.3 Å². The number of nitrogens with one attached hydrogen (secondary N) is 1. The molecule has 0 radical (unpaired) electrons. The maximum absolute atomic E-state index is 12.7. The third kappa shape index (κ3) is 5.72. The Morgan fingerprint density at radius 1 is 0.871 bits per heavy atom. The maximum Gasteiger partial charge on any atom is 0.263 e. The van der Waals surface area contributed by atoms with Crippen LogP contribution < -0.4 is 10.1 Å². The molecule has 0 aromatic heterocycles. The molecule has 0 fully saturated rings. The van der Waals surface area contributed by atoms with Crippen molar-refractivity contribution in [2.75, 3.05) is 18.9 Å². The van der Waals surface area contributed by atoms with Gasteiger partial charge in [-0.15, -0.1) is 0 Å². The zero-order valence-electron chi connectivity index (χ0n) is 18.4. The van der Waals surface area contributed by atoms with Crippen LogP contribution in [0.1, 0.15) is 18.1 Å². The summed E-state index contributed by atoms with van der Waals surface area (Å²) in [6, 6.07) is 23.5. The number of ether oxygens (including phenoxy) is 1. The molecule has 1 N–H and O–H groups in total. The van der Waals surface area contributed by atoms with Crippen molar-refractivity contribution in [3.05, 3.63) is 83.9 Å². The lowest BCUT2D eigenvalue weighted by atomic mass is 10.1. The first-order chi connectivity index (χ1) is 14.8. The summed E-state index contributed by atoms with van der Waals surface area (Å²) in [6.45, 7) is 5.52. The highest BCUT2D eigenvalue weighted by atomic mass is 16.5. The molecular weight excluding hydrogens is 388 g/mol. The van der Waals surface area contributed by atoms with Crippen molar-refractivity contribution in [1.82, 2.24) is 4.90 Å². The summed E-state index contributed by atoms with van der Waals surface area (Å²) in [7, 11) is 1.60. The zero-order chi connectivity index (χ0) is 22.4. The van der Waals surface area contributed by atoms with Crippen LogP contribution in [0.2, 0.25) is 0 Å². The van der Waals surface area contributed by atoms with Gasteiger partial charge in [-0.1, -0.05) is 60.7 Å². The van der Waals surface area contributed by atoms with Gasteiger partial charge in [0.05, 0.1) is 6.54 Å². The number of carbonyl (C=O) groups is 2. The minimum atomic E-state index is -0.708. The van der Waals surface area contributed by atoms with Gasteiger partial charge in [-0.25, -0.2) is 0 Å². The van der Waals surface area contributed by atoms with Crippen LogP contribution in [-0.4, -0.2) is 36.4 Å². The summed E-state index contributed by atoms with van der Waals surface area (Å²) in [5, 5.41) is 2.90. The normalized spacial score (nSPS) is 11.5. The molecule has 0 heterocycles. The predicted molar refractivity (Wildman–Crippen MR) is 124 cm³/mol. The number of anilines is 1. The van der Waals surface area contributed by atoms with E-state index in [1.165, 1.54) is 4.90 Å². The molecule has 31 heavy (non-hydrogen) atoms. The molecule has 0 aliphatic carbocycles. The van der Waals surface area contributed by atoms with Crippen LogP contribution in [0.3, 0.4) is 0 Å². The number of para-hydroxylation sites is 1. The molecule has 0 aliphatic rings. The summed E-state index contributed by atoms with van der Waals surface area (Å²) in [4.78, 5) is 26.5. The number of nitrogens with zero attached hydrogens (tertiary/aromatic N) is 1. The second-order valence-corrected chi connectivity index (χ2v) is 7.66. The fourth-order valence-electron chi connectivity index (χ4n) is 3.41. The zero-order valence-corrected chi connectivity index (χ0v) is 18.4. The second-order valence-electron chi connectivity index (χ2n) is 7.66. The van der Waals surface area contributed by atoms with E-state index in [2.05, 4.69) is 5.32 Å². The molecule has 1 unspecified atom stereocenters. The lowest BCUT2D eigenvalue weighted by Gasteiger charge is -2.22. The number of aryl methyl sites for hydroxylation is 2. The van der Waals surface area contributed by atoms with Crippen molar-refractivity contribution in [3.63, 3.8) is 0 Å². The third-order valence-electron chi connectivity index (χ3n) is 5.12. The Bertz CT molecular complexity index is 1030. The quantitative estimate of drug-likeness (QED) is 0.600. The van der Waals surface area contributed by atoms with Crippen LogP contribution in [-0.2, 0) is 9.59 Å². The van der Waals surface area contributed by atoms with Gasteiger partial charge in [0.15, 0.2) is 6.10 Å². The van der Waals surface area contributed by atoms with Gasteiger partial charge < -0.3 is 15.0 Å². The number of amides is 2. The predicted octanol–water partition coefficient (Wildman–Crippen LogP) is 4.83. The van der Waals surface area contributed by atoms with E-state index in [9.17, 15) is 9.59 Å². The highest BCUT2D eigenvalue weighted by molar-refractivity contribution is 5.96. The molecule has 1 atom stereocenters. The fraction of sp³-hybridized carbons (Fsp3) is 0.231. The summed E-state index contributed by atoms with van der Waals surface area (Å²) < 4.78 is 5.80. The van der Waals surface area contributed by atoms with Crippen LogP contribution in [0.25, 0.3) is 11.1 Å². The van der Waals surface area contributed by atoms with Crippen molar-refractivity contribution in [2.45, 2.75) is 26.9 Å². The van der Waals surface area contributed by atoms with E-state index in [1.54, 1.807) is 14.0 Å². The first-order valence-corrected chi connectivity index (χ1v) is 10.3. The average molecular weight is 417 g/mol. The monoisotopic (exact) mass is 416 g/mol. The van der Waals surface area contributed by atoms with Gasteiger partial charge in [0.25, 0.3) is 5.91 Å². The molecule has 0 saturated heterocycles. The van der Waals surface area contributed by atoms with Gasteiger partial charge in [0, 0.05) is 12.7 Å². The van der Waals surface area contributed by atoms with Crippen molar-refractivity contribution in [1.29, 1.82) is 0 Å². The van der Waals surface area contributed by atoms with Gasteiger partial charge >= 0.3 is 0 Å². The van der Waals surface area contributed by atoms with E-state index in [0.717, 1.165) is 27.9 Å². The van der Waals surface area contributed by atoms with Crippen molar-refractivity contribution in [3.8, 4) is 16.9 Å². The van der Waals surface area contributed by atoms with Crippen LogP contribution in [0.5, 0.6) is 5.75 Å². The number of carbonyl (C=O) groups excluding carboxylic acids is 2. The topological polar surface area (TPSA) is 58.6 Å². The van der Waals surface area contributed by atoms with E-state index in [1.807, 2.05) is 86.6 Å². The van der Waals surface area contributed by atoms with Gasteiger partial charge in [-0.2, -0.15) is 0 Å². The standard InChI is InChI=1S/C26H28N2O3/c1-18-9-8-10-19(2)25(18)27-24(29)17-28(4)26(30)20(3)31-23-15-13-22(14-16-23)21-11-6-5-7-12-21/h5-16,20H,17H2,1-4H3,(H,27,29). The Kier molecular flexibility index (Phi) is 7.08.